The highest BCUT2D eigenvalue weighted by Gasteiger charge is 2.19. The predicted octanol–water partition coefficient (Wildman–Crippen LogP) is 5.19. The number of ether oxygens (including phenoxy) is 2. The van der Waals surface area contributed by atoms with Crippen LogP contribution in [0.1, 0.15) is 11.1 Å². The molecule has 0 aliphatic rings. The van der Waals surface area contributed by atoms with Crippen molar-refractivity contribution >= 4 is 34.9 Å². The van der Waals surface area contributed by atoms with Gasteiger partial charge in [-0.3, -0.25) is 25.7 Å². The van der Waals surface area contributed by atoms with E-state index in [1.165, 1.54) is 19.4 Å². The molecule has 0 aliphatic heterocycles. The minimum atomic E-state index is -0.722. The largest absolute Gasteiger partial charge is 0.493 e. The van der Waals surface area contributed by atoms with Crippen molar-refractivity contribution in [1.82, 2.24) is 0 Å². The predicted molar refractivity (Wildman–Crippen MR) is 120 cm³/mol. The Morgan fingerprint density at radius 3 is 2.41 bits per heavy atom. The van der Waals surface area contributed by atoms with Crippen molar-refractivity contribution in [3.05, 3.63) is 97.0 Å². The average molecular weight is 457 g/mol. The number of non-ortho nitro benzene ring substituents is 1. The lowest BCUT2D eigenvalue weighted by atomic mass is 10.2. The maximum Gasteiger partial charge on any atom is 0.301 e. The van der Waals surface area contributed by atoms with Gasteiger partial charge in [0.05, 0.1) is 29.2 Å². The Morgan fingerprint density at radius 1 is 1.00 bits per heavy atom. The highest BCUT2D eigenvalue weighted by molar-refractivity contribution is 6.30. The van der Waals surface area contributed by atoms with Gasteiger partial charge in [0.25, 0.3) is 5.69 Å². The summed E-state index contributed by atoms with van der Waals surface area (Å²) in [7, 11) is 1.50. The molecule has 0 aliphatic carbocycles. The van der Waals surface area contributed by atoms with Crippen LogP contribution < -0.4 is 14.9 Å². The molecule has 164 valence electrons. The number of nitro benzene ring substituents is 2. The molecule has 0 aromatic heterocycles. The van der Waals surface area contributed by atoms with Gasteiger partial charge in [-0.1, -0.05) is 23.7 Å². The van der Waals surface area contributed by atoms with Crippen LogP contribution >= 0.6 is 11.6 Å². The first kappa shape index (κ1) is 22.5. The Labute approximate surface area is 187 Å². The molecule has 0 saturated carbocycles. The van der Waals surface area contributed by atoms with Crippen molar-refractivity contribution in [3.8, 4) is 11.5 Å². The van der Waals surface area contributed by atoms with Crippen LogP contribution in [-0.2, 0) is 6.61 Å². The van der Waals surface area contributed by atoms with E-state index in [4.69, 9.17) is 21.1 Å². The van der Waals surface area contributed by atoms with E-state index in [1.54, 1.807) is 30.3 Å². The SMILES string of the molecule is COc1cc(/C=N\Nc2ccc([N+](=O)[O-])cc2[N+](=O)[O-])ccc1OCc1ccc(Cl)cc1. The summed E-state index contributed by atoms with van der Waals surface area (Å²) in [4.78, 5) is 20.6. The van der Waals surface area contributed by atoms with E-state index in [0.717, 1.165) is 17.7 Å². The number of methoxy groups -OCH3 is 1. The van der Waals surface area contributed by atoms with E-state index in [-0.39, 0.29) is 11.4 Å². The zero-order chi connectivity index (χ0) is 23.1. The van der Waals surface area contributed by atoms with Gasteiger partial charge in [-0.2, -0.15) is 5.10 Å². The molecular weight excluding hydrogens is 440 g/mol. The molecule has 10 nitrogen and oxygen atoms in total. The first-order chi connectivity index (χ1) is 15.4. The van der Waals surface area contributed by atoms with Crippen LogP contribution in [0.3, 0.4) is 0 Å². The molecule has 0 unspecified atom stereocenters. The van der Waals surface area contributed by atoms with Crippen LogP contribution in [-0.4, -0.2) is 23.2 Å². The fourth-order valence-corrected chi connectivity index (χ4v) is 2.81. The second-order valence-electron chi connectivity index (χ2n) is 6.41. The van der Waals surface area contributed by atoms with Gasteiger partial charge >= 0.3 is 5.69 Å². The van der Waals surface area contributed by atoms with Crippen molar-refractivity contribution in [2.24, 2.45) is 5.10 Å². The van der Waals surface area contributed by atoms with Crippen molar-refractivity contribution in [3.63, 3.8) is 0 Å². The van der Waals surface area contributed by atoms with Crippen LogP contribution in [0.15, 0.2) is 65.8 Å². The first-order valence-corrected chi connectivity index (χ1v) is 9.52. The molecule has 32 heavy (non-hydrogen) atoms. The molecule has 0 amide bonds. The average Bonchev–Trinajstić information content (AvgIpc) is 2.79. The highest BCUT2D eigenvalue weighted by Crippen LogP contribution is 2.30. The molecule has 0 atom stereocenters. The lowest BCUT2D eigenvalue weighted by Crippen LogP contribution is -2.00. The van der Waals surface area contributed by atoms with Crippen molar-refractivity contribution in [2.45, 2.75) is 6.61 Å². The summed E-state index contributed by atoms with van der Waals surface area (Å²) in [6, 6.07) is 15.7. The Kier molecular flexibility index (Phi) is 7.19. The summed E-state index contributed by atoms with van der Waals surface area (Å²) in [6.07, 6.45) is 1.43. The Bertz CT molecular complexity index is 1170. The summed E-state index contributed by atoms with van der Waals surface area (Å²) in [5, 5.41) is 26.6. The quantitative estimate of drug-likeness (QED) is 0.266. The number of hydrogen-bond donors (Lipinski definition) is 1. The maximum absolute atomic E-state index is 11.2. The second kappa shape index (κ2) is 10.2. The molecule has 0 saturated heterocycles. The summed E-state index contributed by atoms with van der Waals surface area (Å²) in [6.45, 7) is 0.326. The van der Waals surface area contributed by atoms with Crippen molar-refractivity contribution < 1.29 is 19.3 Å². The van der Waals surface area contributed by atoms with E-state index < -0.39 is 15.5 Å². The van der Waals surface area contributed by atoms with E-state index in [9.17, 15) is 20.2 Å². The number of hydrazone groups is 1. The molecule has 0 fully saturated rings. The zero-order valence-corrected chi connectivity index (χ0v) is 17.5. The summed E-state index contributed by atoms with van der Waals surface area (Å²) >= 11 is 5.88. The number of halogens is 1. The zero-order valence-electron chi connectivity index (χ0n) is 16.7. The van der Waals surface area contributed by atoms with Crippen molar-refractivity contribution in [2.75, 3.05) is 12.5 Å². The molecule has 0 radical (unpaired) electrons. The van der Waals surface area contributed by atoms with Gasteiger partial charge < -0.3 is 9.47 Å². The summed E-state index contributed by atoms with van der Waals surface area (Å²) < 4.78 is 11.2. The number of nitro groups is 2. The van der Waals surface area contributed by atoms with Gasteiger partial charge in [0.2, 0.25) is 0 Å². The fraction of sp³-hybridized carbons (Fsp3) is 0.0952. The van der Waals surface area contributed by atoms with Crippen LogP contribution in [0, 0.1) is 20.2 Å². The second-order valence-corrected chi connectivity index (χ2v) is 6.85. The third-order valence-corrected chi connectivity index (χ3v) is 4.53. The van der Waals surface area contributed by atoms with Crippen LogP contribution in [0.2, 0.25) is 5.02 Å². The van der Waals surface area contributed by atoms with E-state index >= 15 is 0 Å². The molecular formula is C21H17ClN4O6. The number of rotatable bonds is 9. The molecule has 0 bridgehead atoms. The topological polar surface area (TPSA) is 129 Å². The molecule has 3 aromatic carbocycles. The number of nitrogens with one attached hydrogen (secondary N) is 1. The van der Waals surface area contributed by atoms with Gasteiger partial charge in [0, 0.05) is 11.1 Å². The van der Waals surface area contributed by atoms with E-state index in [2.05, 4.69) is 10.5 Å². The lowest BCUT2D eigenvalue weighted by molar-refractivity contribution is -0.393. The maximum atomic E-state index is 11.2. The highest BCUT2D eigenvalue weighted by atomic mass is 35.5. The molecule has 0 spiro atoms. The van der Waals surface area contributed by atoms with Gasteiger partial charge in [-0.25, -0.2) is 0 Å². The standard InChI is InChI=1S/C21H17ClN4O6/c1-31-21-10-15(4-9-20(21)32-13-14-2-5-16(22)6-3-14)12-23-24-18-8-7-17(25(27)28)11-19(18)26(29)30/h2-12,24H,13H2,1H3/b23-12-. The van der Waals surface area contributed by atoms with Gasteiger partial charge in [-0.05, 0) is 47.5 Å². The minimum absolute atomic E-state index is 0.0201. The van der Waals surface area contributed by atoms with Gasteiger partial charge in [0.15, 0.2) is 11.5 Å². The van der Waals surface area contributed by atoms with Crippen LogP contribution in [0.5, 0.6) is 11.5 Å². The number of hydrogen-bond acceptors (Lipinski definition) is 8. The van der Waals surface area contributed by atoms with Crippen LogP contribution in [0.4, 0.5) is 17.1 Å². The first-order valence-electron chi connectivity index (χ1n) is 9.14. The van der Waals surface area contributed by atoms with Crippen LogP contribution in [0.25, 0.3) is 0 Å². The summed E-state index contributed by atoms with van der Waals surface area (Å²) in [5.74, 6) is 1.00. The molecule has 11 heteroatoms. The normalized spacial score (nSPS) is 10.7. The monoisotopic (exact) mass is 456 g/mol. The smallest absolute Gasteiger partial charge is 0.301 e. The molecule has 1 N–H and O–H groups in total. The third kappa shape index (κ3) is 5.70. The van der Waals surface area contributed by atoms with Gasteiger partial charge in [-0.15, -0.1) is 0 Å². The minimum Gasteiger partial charge on any atom is -0.493 e. The van der Waals surface area contributed by atoms with E-state index in [0.29, 0.717) is 28.7 Å². The summed E-state index contributed by atoms with van der Waals surface area (Å²) in [5.41, 5.74) is 3.29. The van der Waals surface area contributed by atoms with Gasteiger partial charge in [0.1, 0.15) is 12.3 Å². The number of benzene rings is 3. The fourth-order valence-electron chi connectivity index (χ4n) is 2.68. The third-order valence-electron chi connectivity index (χ3n) is 4.28. The Morgan fingerprint density at radius 2 is 1.75 bits per heavy atom. The van der Waals surface area contributed by atoms with E-state index in [1.807, 2.05) is 12.1 Å². The molecule has 3 aromatic rings. The molecule has 3 rings (SSSR count). The lowest BCUT2D eigenvalue weighted by Gasteiger charge is -2.11. The Hall–Kier alpha value is -4.18. The number of anilines is 1. The van der Waals surface area contributed by atoms with Crippen molar-refractivity contribution in [1.29, 1.82) is 0 Å². The molecule has 0 heterocycles. The Balaban J connectivity index is 1.70. The number of nitrogens with zero attached hydrogens (tertiary/aromatic N) is 3.